The number of benzene rings is 4. The molecule has 2 amide bonds. The average molecular weight is 698 g/mol. The molecule has 0 aliphatic heterocycles. The molecule has 4 rings (SSSR count). The molecule has 0 saturated carbocycles. The molecular formula is C28H24N6O6Se2. The van der Waals surface area contributed by atoms with Crippen LogP contribution in [0.1, 0.15) is 0 Å². The molecule has 0 aliphatic rings. The first-order valence-corrected chi connectivity index (χ1v) is 15.8. The van der Waals surface area contributed by atoms with E-state index in [1.54, 1.807) is 48.5 Å². The summed E-state index contributed by atoms with van der Waals surface area (Å²) >= 11 is -0.0519. The maximum atomic E-state index is 12.2. The van der Waals surface area contributed by atoms with Crippen LogP contribution in [0.5, 0.6) is 0 Å². The molecule has 0 atom stereocenters. The Hall–Kier alpha value is -4.42. The number of carbonyl (C=O) groups is 2. The number of hydrogen-bond acceptors (Lipinski definition) is 8. The molecule has 0 fully saturated rings. The number of nitrogens with zero attached hydrogens (tertiary/aromatic N) is 2. The van der Waals surface area contributed by atoms with Gasteiger partial charge in [0.15, 0.2) is 0 Å². The summed E-state index contributed by atoms with van der Waals surface area (Å²) in [7, 11) is 0. The SMILES string of the molecule is O=C(CNNCC(=O)Nc1ccc([Se]c2ccc([N+](=O)[O-])cc2)cc1)Nc1ccc([Se]c2ccc([N+](=O)[O-])cc2)cc1. The molecule has 214 valence electrons. The van der Waals surface area contributed by atoms with Crippen LogP contribution in [0.3, 0.4) is 0 Å². The zero-order chi connectivity index (χ0) is 29.9. The van der Waals surface area contributed by atoms with Crippen LogP contribution in [0.2, 0.25) is 0 Å². The fourth-order valence-corrected chi connectivity index (χ4v) is 6.88. The monoisotopic (exact) mass is 700 g/mol. The molecule has 0 heterocycles. The van der Waals surface area contributed by atoms with Crippen molar-refractivity contribution in [2.24, 2.45) is 0 Å². The molecule has 0 spiro atoms. The Balaban J connectivity index is 1.13. The van der Waals surface area contributed by atoms with Crippen LogP contribution in [0.25, 0.3) is 0 Å². The Labute approximate surface area is 252 Å². The zero-order valence-electron chi connectivity index (χ0n) is 21.8. The number of anilines is 2. The second kappa shape index (κ2) is 15.0. The predicted octanol–water partition coefficient (Wildman–Crippen LogP) is 0.484. The number of non-ortho nitro benzene ring substituents is 2. The maximum absolute atomic E-state index is 12.2. The summed E-state index contributed by atoms with van der Waals surface area (Å²) in [5.74, 6) is -0.580. The van der Waals surface area contributed by atoms with Crippen molar-refractivity contribution < 1.29 is 19.4 Å². The number of carbonyl (C=O) groups excluding carboxylic acids is 2. The van der Waals surface area contributed by atoms with Gasteiger partial charge in [-0.25, -0.2) is 0 Å². The van der Waals surface area contributed by atoms with Gasteiger partial charge in [0.25, 0.3) is 0 Å². The van der Waals surface area contributed by atoms with E-state index in [9.17, 15) is 29.8 Å². The van der Waals surface area contributed by atoms with E-state index in [4.69, 9.17) is 0 Å². The first-order chi connectivity index (χ1) is 20.2. The molecule has 4 aromatic rings. The molecule has 0 aliphatic carbocycles. The molecule has 12 nitrogen and oxygen atoms in total. The standard InChI is InChI=1S/C28H24N6O6Se2/c35-27(31-19-1-9-23(10-2-19)41-25-13-5-21(6-14-25)33(37)38)17-29-30-18-28(36)32-20-3-11-24(12-4-20)42-26-15-7-22(8-16-26)34(39)40/h1-16,29-30H,17-18H2,(H,31,35)(H,32,36). The van der Waals surface area contributed by atoms with Gasteiger partial charge in [0.1, 0.15) is 0 Å². The van der Waals surface area contributed by atoms with Crippen LogP contribution in [-0.2, 0) is 9.59 Å². The summed E-state index contributed by atoms with van der Waals surface area (Å²) in [5.41, 5.74) is 6.80. The summed E-state index contributed by atoms with van der Waals surface area (Å²) in [6, 6.07) is 27.7. The fourth-order valence-electron chi connectivity index (χ4n) is 3.45. The Bertz CT molecular complexity index is 1430. The van der Waals surface area contributed by atoms with Gasteiger partial charge in [-0.05, 0) is 0 Å². The topological polar surface area (TPSA) is 169 Å². The number of nitrogens with one attached hydrogen (secondary N) is 4. The third-order valence-corrected chi connectivity index (χ3v) is 9.73. The number of hydrogen-bond donors (Lipinski definition) is 4. The number of hydrazine groups is 1. The molecule has 4 aromatic carbocycles. The average Bonchev–Trinajstić information content (AvgIpc) is 2.98. The van der Waals surface area contributed by atoms with Crippen molar-refractivity contribution in [3.8, 4) is 0 Å². The van der Waals surface area contributed by atoms with Crippen molar-refractivity contribution in [1.82, 2.24) is 10.9 Å². The summed E-state index contributed by atoms with van der Waals surface area (Å²) in [6.07, 6.45) is 0. The van der Waals surface area contributed by atoms with Gasteiger partial charge in [-0.15, -0.1) is 0 Å². The molecule has 4 N–H and O–H groups in total. The van der Waals surface area contributed by atoms with Crippen molar-refractivity contribution >= 4 is 82.3 Å². The van der Waals surface area contributed by atoms with E-state index in [1.807, 2.05) is 24.3 Å². The van der Waals surface area contributed by atoms with Crippen LogP contribution >= 0.6 is 0 Å². The van der Waals surface area contributed by atoms with Gasteiger partial charge >= 0.3 is 254 Å². The molecule has 0 unspecified atom stereocenters. The Morgan fingerprint density at radius 3 is 1.10 bits per heavy atom. The van der Waals surface area contributed by atoms with E-state index < -0.39 is 9.85 Å². The Kier molecular flexibility index (Phi) is 10.9. The van der Waals surface area contributed by atoms with Gasteiger partial charge < -0.3 is 0 Å². The zero-order valence-corrected chi connectivity index (χ0v) is 25.2. The third kappa shape index (κ3) is 9.60. The minimum atomic E-state index is -0.427. The van der Waals surface area contributed by atoms with E-state index in [0.717, 1.165) is 17.8 Å². The molecule has 0 aromatic heterocycles. The molecule has 0 saturated heterocycles. The second-order valence-corrected chi connectivity index (χ2v) is 13.4. The van der Waals surface area contributed by atoms with Gasteiger partial charge in [-0.1, -0.05) is 0 Å². The van der Waals surface area contributed by atoms with Crippen LogP contribution in [0, 0.1) is 20.2 Å². The molecular weight excluding hydrogens is 674 g/mol. The summed E-state index contributed by atoms with van der Waals surface area (Å²) < 4.78 is 4.11. The van der Waals surface area contributed by atoms with Crippen molar-refractivity contribution in [3.05, 3.63) is 117 Å². The molecule has 14 heteroatoms. The fraction of sp³-hybridized carbons (Fsp3) is 0.0714. The Morgan fingerprint density at radius 2 is 0.810 bits per heavy atom. The van der Waals surface area contributed by atoms with Crippen LogP contribution in [0.4, 0.5) is 22.7 Å². The summed E-state index contributed by atoms with van der Waals surface area (Å²) in [5, 5.41) is 27.1. The normalized spacial score (nSPS) is 10.6. The number of amides is 2. The third-order valence-electron chi connectivity index (χ3n) is 5.47. The number of rotatable bonds is 13. The van der Waals surface area contributed by atoms with E-state index in [1.165, 1.54) is 24.3 Å². The summed E-state index contributed by atoms with van der Waals surface area (Å²) in [4.78, 5) is 45.2. The minimum absolute atomic E-state index is 0.0260. The van der Waals surface area contributed by atoms with Gasteiger partial charge in [-0.2, -0.15) is 0 Å². The molecule has 0 bridgehead atoms. The van der Waals surface area contributed by atoms with Crippen molar-refractivity contribution in [2.75, 3.05) is 23.7 Å². The molecule has 0 radical (unpaired) electrons. The van der Waals surface area contributed by atoms with Gasteiger partial charge in [0.05, 0.1) is 0 Å². The van der Waals surface area contributed by atoms with Crippen LogP contribution in [0.15, 0.2) is 97.1 Å². The first-order valence-electron chi connectivity index (χ1n) is 12.4. The van der Waals surface area contributed by atoms with E-state index in [-0.39, 0.29) is 66.2 Å². The number of nitro benzene ring substituents is 2. The van der Waals surface area contributed by atoms with E-state index >= 15 is 0 Å². The van der Waals surface area contributed by atoms with Gasteiger partial charge in [0, 0.05) is 0 Å². The van der Waals surface area contributed by atoms with Crippen LogP contribution < -0.4 is 39.3 Å². The van der Waals surface area contributed by atoms with E-state index in [0.29, 0.717) is 11.4 Å². The Morgan fingerprint density at radius 1 is 0.524 bits per heavy atom. The van der Waals surface area contributed by atoms with Crippen molar-refractivity contribution in [3.63, 3.8) is 0 Å². The van der Waals surface area contributed by atoms with Gasteiger partial charge in [-0.3, -0.25) is 0 Å². The predicted molar refractivity (Wildman–Crippen MR) is 162 cm³/mol. The second-order valence-electron chi connectivity index (χ2n) is 8.56. The van der Waals surface area contributed by atoms with Gasteiger partial charge in [0.2, 0.25) is 0 Å². The quantitative estimate of drug-likeness (QED) is 0.0678. The van der Waals surface area contributed by atoms with Crippen LogP contribution in [-0.4, -0.2) is 64.7 Å². The van der Waals surface area contributed by atoms with Crippen molar-refractivity contribution in [2.45, 2.75) is 0 Å². The number of nitro groups is 2. The van der Waals surface area contributed by atoms with E-state index in [2.05, 4.69) is 21.5 Å². The summed E-state index contributed by atoms with van der Waals surface area (Å²) in [6.45, 7) is -0.109. The van der Waals surface area contributed by atoms with Crippen molar-refractivity contribution in [1.29, 1.82) is 0 Å². The first kappa shape index (κ1) is 30.5. The molecule has 42 heavy (non-hydrogen) atoms.